The molecule has 0 N–H and O–H groups in total. The Morgan fingerprint density at radius 1 is 1.13 bits per heavy atom. The van der Waals surface area contributed by atoms with E-state index >= 15 is 0 Å². The summed E-state index contributed by atoms with van der Waals surface area (Å²) < 4.78 is 1.64. The number of benzene rings is 2. The van der Waals surface area contributed by atoms with Gasteiger partial charge in [0.1, 0.15) is 0 Å². The predicted molar refractivity (Wildman–Crippen MR) is 124 cm³/mol. The number of unbranched alkanes of at least 4 members (excludes halogenated alkanes) is 1. The number of hydrogen-bond acceptors (Lipinski definition) is 4. The maximum atomic E-state index is 13.2. The minimum Gasteiger partial charge on any atom is -0.342 e. The molecule has 0 unspecified atom stereocenters. The van der Waals surface area contributed by atoms with Gasteiger partial charge < -0.3 is 4.90 Å². The molecule has 0 aliphatic heterocycles. The Kier molecular flexibility index (Phi) is 7.94. The fourth-order valence-corrected chi connectivity index (χ4v) is 4.22. The molecule has 7 heteroatoms. The molecule has 1 heterocycles. The van der Waals surface area contributed by atoms with Crippen molar-refractivity contribution in [3.05, 3.63) is 69.5 Å². The second-order valence-electron chi connectivity index (χ2n) is 7.04. The van der Waals surface area contributed by atoms with E-state index in [4.69, 9.17) is 16.6 Å². The largest absolute Gasteiger partial charge is 0.342 e. The van der Waals surface area contributed by atoms with Gasteiger partial charge in [-0.05, 0) is 43.2 Å². The molecule has 0 aliphatic rings. The third kappa shape index (κ3) is 5.43. The Balaban J connectivity index is 1.90. The number of amides is 1. The molecule has 0 saturated carbocycles. The second-order valence-corrected chi connectivity index (χ2v) is 8.42. The number of nitrogens with zero attached hydrogens (tertiary/aromatic N) is 3. The summed E-state index contributed by atoms with van der Waals surface area (Å²) in [4.78, 5) is 32.4. The van der Waals surface area contributed by atoms with Crippen LogP contribution in [0.1, 0.15) is 32.3 Å². The minimum atomic E-state index is -0.108. The highest BCUT2D eigenvalue weighted by molar-refractivity contribution is 7.99. The molecule has 1 aromatic heterocycles. The van der Waals surface area contributed by atoms with E-state index in [0.29, 0.717) is 34.2 Å². The molecule has 0 saturated heterocycles. The van der Waals surface area contributed by atoms with E-state index in [0.717, 1.165) is 24.9 Å². The average molecular weight is 444 g/mol. The van der Waals surface area contributed by atoms with Gasteiger partial charge in [-0.3, -0.25) is 14.2 Å². The average Bonchev–Trinajstić information content (AvgIpc) is 2.76. The Morgan fingerprint density at radius 2 is 1.87 bits per heavy atom. The first-order valence-electron chi connectivity index (χ1n) is 10.2. The molecule has 0 fully saturated rings. The van der Waals surface area contributed by atoms with E-state index in [2.05, 4.69) is 6.92 Å². The molecular formula is C23H26ClN3O2S. The van der Waals surface area contributed by atoms with Crippen molar-refractivity contribution in [1.29, 1.82) is 0 Å². The Labute approximate surface area is 186 Å². The highest BCUT2D eigenvalue weighted by Gasteiger charge is 2.16. The highest BCUT2D eigenvalue weighted by Crippen LogP contribution is 2.20. The number of thioether (sulfide) groups is 1. The SMILES string of the molecule is CCCCN(CC)C(=O)CSc1nc2ccccc2c(=O)n1Cc1ccc(Cl)cc1. The van der Waals surface area contributed by atoms with Crippen LogP contribution in [-0.2, 0) is 11.3 Å². The number of hydrogen-bond donors (Lipinski definition) is 0. The Hall–Kier alpha value is -2.31. The molecule has 0 spiro atoms. The molecule has 158 valence electrons. The molecule has 0 atom stereocenters. The van der Waals surface area contributed by atoms with Gasteiger partial charge >= 0.3 is 0 Å². The number of carbonyl (C=O) groups excluding carboxylic acids is 1. The van der Waals surface area contributed by atoms with E-state index < -0.39 is 0 Å². The fourth-order valence-electron chi connectivity index (χ4n) is 3.20. The van der Waals surface area contributed by atoms with Crippen LogP contribution in [0.25, 0.3) is 10.9 Å². The minimum absolute atomic E-state index is 0.0661. The number of aromatic nitrogens is 2. The molecule has 0 radical (unpaired) electrons. The van der Waals surface area contributed by atoms with E-state index in [1.165, 1.54) is 11.8 Å². The Bertz CT molecular complexity index is 1070. The van der Waals surface area contributed by atoms with Crippen LogP contribution in [0.4, 0.5) is 0 Å². The van der Waals surface area contributed by atoms with Crippen molar-refractivity contribution in [3.63, 3.8) is 0 Å². The van der Waals surface area contributed by atoms with Gasteiger partial charge in [0.05, 0.1) is 23.2 Å². The number of carbonyl (C=O) groups is 1. The summed E-state index contributed by atoms with van der Waals surface area (Å²) in [5, 5.41) is 1.77. The molecule has 1 amide bonds. The molecule has 0 bridgehead atoms. The lowest BCUT2D eigenvalue weighted by Crippen LogP contribution is -2.33. The maximum Gasteiger partial charge on any atom is 0.262 e. The lowest BCUT2D eigenvalue weighted by atomic mass is 10.2. The zero-order valence-corrected chi connectivity index (χ0v) is 18.9. The van der Waals surface area contributed by atoms with Gasteiger partial charge in [-0.1, -0.05) is 61.0 Å². The van der Waals surface area contributed by atoms with Crippen molar-refractivity contribution in [2.45, 2.75) is 38.4 Å². The lowest BCUT2D eigenvalue weighted by Gasteiger charge is -2.20. The van der Waals surface area contributed by atoms with E-state index in [9.17, 15) is 9.59 Å². The third-order valence-corrected chi connectivity index (χ3v) is 6.13. The summed E-state index contributed by atoms with van der Waals surface area (Å²) in [5.74, 6) is 0.319. The summed E-state index contributed by atoms with van der Waals surface area (Å²) in [6.45, 7) is 5.92. The van der Waals surface area contributed by atoms with Crippen molar-refractivity contribution >= 4 is 40.2 Å². The van der Waals surface area contributed by atoms with Crippen LogP contribution in [0.5, 0.6) is 0 Å². The number of para-hydroxylation sites is 1. The predicted octanol–water partition coefficient (Wildman–Crippen LogP) is 4.84. The van der Waals surface area contributed by atoms with Crippen LogP contribution in [-0.4, -0.2) is 39.2 Å². The molecule has 5 nitrogen and oxygen atoms in total. The number of halogens is 1. The third-order valence-electron chi connectivity index (χ3n) is 4.92. The van der Waals surface area contributed by atoms with Gasteiger partial charge in [-0.2, -0.15) is 0 Å². The van der Waals surface area contributed by atoms with E-state index in [1.54, 1.807) is 22.8 Å². The number of fused-ring (bicyclic) bond motifs is 1. The van der Waals surface area contributed by atoms with Gasteiger partial charge in [0.25, 0.3) is 5.56 Å². The summed E-state index contributed by atoms with van der Waals surface area (Å²) in [5.41, 5.74) is 1.48. The van der Waals surface area contributed by atoms with E-state index in [-0.39, 0.29) is 17.2 Å². The van der Waals surface area contributed by atoms with Gasteiger partial charge in [0.15, 0.2) is 5.16 Å². The van der Waals surface area contributed by atoms with Crippen molar-refractivity contribution in [1.82, 2.24) is 14.5 Å². The van der Waals surface area contributed by atoms with Crippen molar-refractivity contribution in [3.8, 4) is 0 Å². The van der Waals surface area contributed by atoms with Crippen LogP contribution in [0.15, 0.2) is 58.5 Å². The fraction of sp³-hybridized carbons (Fsp3) is 0.348. The molecule has 2 aromatic carbocycles. The molecule has 0 aliphatic carbocycles. The van der Waals surface area contributed by atoms with Gasteiger partial charge in [0.2, 0.25) is 5.91 Å². The van der Waals surface area contributed by atoms with Crippen molar-refractivity contribution in [2.75, 3.05) is 18.8 Å². The summed E-state index contributed by atoms with van der Waals surface area (Å²) in [6, 6.07) is 14.7. The van der Waals surface area contributed by atoms with Crippen molar-refractivity contribution in [2.24, 2.45) is 0 Å². The van der Waals surface area contributed by atoms with Crippen LogP contribution in [0.3, 0.4) is 0 Å². The summed E-state index contributed by atoms with van der Waals surface area (Å²) in [6.07, 6.45) is 2.03. The second kappa shape index (κ2) is 10.6. The Morgan fingerprint density at radius 3 is 2.57 bits per heavy atom. The molecule has 3 rings (SSSR count). The first-order chi connectivity index (χ1) is 14.5. The van der Waals surface area contributed by atoms with Crippen LogP contribution < -0.4 is 5.56 Å². The lowest BCUT2D eigenvalue weighted by molar-refractivity contribution is -0.128. The van der Waals surface area contributed by atoms with Crippen molar-refractivity contribution < 1.29 is 4.79 Å². The zero-order chi connectivity index (χ0) is 21.5. The topological polar surface area (TPSA) is 55.2 Å². The molecule has 3 aromatic rings. The standard InChI is InChI=1S/C23H26ClN3O2S/c1-3-5-14-26(4-2)21(28)16-30-23-25-20-9-7-6-8-19(20)22(29)27(23)15-17-10-12-18(24)13-11-17/h6-13H,3-5,14-16H2,1-2H3. The smallest absolute Gasteiger partial charge is 0.262 e. The summed E-state index contributed by atoms with van der Waals surface area (Å²) >= 11 is 7.31. The quantitative estimate of drug-likeness (QED) is 0.351. The van der Waals surface area contributed by atoms with E-state index in [1.807, 2.05) is 42.2 Å². The van der Waals surface area contributed by atoms with Gasteiger partial charge in [0, 0.05) is 18.1 Å². The highest BCUT2D eigenvalue weighted by atomic mass is 35.5. The monoisotopic (exact) mass is 443 g/mol. The first kappa shape index (κ1) is 22.4. The molecular weight excluding hydrogens is 418 g/mol. The first-order valence-corrected chi connectivity index (χ1v) is 11.5. The van der Waals surface area contributed by atoms with Crippen LogP contribution in [0, 0.1) is 0 Å². The van der Waals surface area contributed by atoms with Gasteiger partial charge in [-0.15, -0.1) is 0 Å². The zero-order valence-electron chi connectivity index (χ0n) is 17.3. The molecule has 30 heavy (non-hydrogen) atoms. The normalized spacial score (nSPS) is 11.0. The van der Waals surface area contributed by atoms with Crippen LogP contribution in [0.2, 0.25) is 5.02 Å². The maximum absolute atomic E-state index is 13.2. The number of rotatable bonds is 9. The summed E-state index contributed by atoms with van der Waals surface area (Å²) in [7, 11) is 0. The van der Waals surface area contributed by atoms with Crippen LogP contribution >= 0.6 is 23.4 Å². The van der Waals surface area contributed by atoms with Gasteiger partial charge in [-0.25, -0.2) is 4.98 Å².